The average Bonchev–Trinajstić information content (AvgIpc) is 2.71. The Labute approximate surface area is 103 Å². The van der Waals surface area contributed by atoms with Crippen molar-refractivity contribution in [2.75, 3.05) is 31.5 Å². The van der Waals surface area contributed by atoms with E-state index in [0.717, 1.165) is 44.8 Å². The fourth-order valence-electron chi connectivity index (χ4n) is 2.08. The van der Waals surface area contributed by atoms with Crippen LogP contribution < -0.4 is 16.4 Å². The lowest BCUT2D eigenvalue weighted by molar-refractivity contribution is 0.321. The Balaban J connectivity index is 1.80. The molecule has 2 heterocycles. The highest BCUT2D eigenvalue weighted by Crippen LogP contribution is 2.17. The second-order valence-corrected chi connectivity index (χ2v) is 4.70. The summed E-state index contributed by atoms with van der Waals surface area (Å²) in [6.45, 7) is 6.00. The lowest BCUT2D eigenvalue weighted by Crippen LogP contribution is -2.44. The van der Waals surface area contributed by atoms with Crippen molar-refractivity contribution in [1.82, 2.24) is 15.1 Å². The van der Waals surface area contributed by atoms with E-state index >= 15 is 0 Å². The molecule has 0 saturated carbocycles. The molecule has 0 aromatic carbocycles. The molecule has 1 aliphatic heterocycles. The lowest BCUT2D eigenvalue weighted by Gasteiger charge is -2.29. The summed E-state index contributed by atoms with van der Waals surface area (Å²) in [6, 6.07) is 2.56. The highest BCUT2D eigenvalue weighted by atomic mass is 15.4. The lowest BCUT2D eigenvalue weighted by atomic mass is 10.0. The van der Waals surface area contributed by atoms with E-state index in [2.05, 4.69) is 27.3 Å². The maximum Gasteiger partial charge on any atom is 0.124 e. The van der Waals surface area contributed by atoms with E-state index in [4.69, 9.17) is 5.73 Å². The third-order valence-corrected chi connectivity index (χ3v) is 3.55. The molecule has 0 aliphatic carbocycles. The largest absolute Gasteiger partial charge is 0.370 e. The molecule has 1 aromatic heterocycles. The summed E-state index contributed by atoms with van der Waals surface area (Å²) in [5.74, 6) is 1.76. The summed E-state index contributed by atoms with van der Waals surface area (Å²) in [5, 5.41) is 11.1. The van der Waals surface area contributed by atoms with Gasteiger partial charge in [-0.25, -0.2) is 4.68 Å². The van der Waals surface area contributed by atoms with Crippen LogP contribution in [0.4, 0.5) is 5.82 Å². The molecule has 0 spiro atoms. The minimum absolute atomic E-state index is 0.518. The average molecular weight is 237 g/mol. The molecule has 1 aliphatic rings. The number of hydrogen-bond donors (Lipinski definition) is 3. The Bertz CT molecular complexity index is 327. The van der Waals surface area contributed by atoms with Crippen molar-refractivity contribution in [3.8, 4) is 0 Å². The van der Waals surface area contributed by atoms with Gasteiger partial charge in [0.05, 0.1) is 12.2 Å². The van der Waals surface area contributed by atoms with Crippen molar-refractivity contribution in [3.05, 3.63) is 12.3 Å². The Morgan fingerprint density at radius 2 is 2.47 bits per heavy atom. The molecule has 5 heteroatoms. The van der Waals surface area contributed by atoms with E-state index in [1.54, 1.807) is 0 Å². The molecule has 1 unspecified atom stereocenters. The molecular weight excluding hydrogens is 214 g/mol. The summed E-state index contributed by atoms with van der Waals surface area (Å²) >= 11 is 0. The molecule has 1 atom stereocenters. The zero-order chi connectivity index (χ0) is 12.1. The quantitative estimate of drug-likeness (QED) is 0.656. The van der Waals surface area contributed by atoms with Crippen molar-refractivity contribution in [1.29, 1.82) is 0 Å². The first-order valence-electron chi connectivity index (χ1n) is 6.53. The van der Waals surface area contributed by atoms with Gasteiger partial charge in [0.1, 0.15) is 5.82 Å². The van der Waals surface area contributed by atoms with Crippen molar-refractivity contribution in [3.63, 3.8) is 0 Å². The van der Waals surface area contributed by atoms with Gasteiger partial charge in [-0.1, -0.05) is 13.3 Å². The summed E-state index contributed by atoms with van der Waals surface area (Å²) < 4.78 is 2.08. The van der Waals surface area contributed by atoms with Gasteiger partial charge in [-0.3, -0.25) is 0 Å². The molecule has 96 valence electrons. The first-order chi connectivity index (χ1) is 8.35. The third kappa shape index (κ3) is 2.98. The second kappa shape index (κ2) is 6.02. The van der Waals surface area contributed by atoms with Gasteiger partial charge in [0.2, 0.25) is 0 Å². The predicted octanol–water partition coefficient (Wildman–Crippen LogP) is 0.814. The van der Waals surface area contributed by atoms with E-state index in [1.165, 1.54) is 0 Å². The Kier molecular flexibility index (Phi) is 4.39. The molecule has 1 aromatic rings. The topological polar surface area (TPSA) is 67.9 Å². The third-order valence-electron chi connectivity index (χ3n) is 3.55. The number of rotatable bonds is 7. The maximum atomic E-state index is 5.70. The number of anilines is 1. The number of nitrogens with two attached hydrogens (primary N) is 1. The minimum Gasteiger partial charge on any atom is -0.370 e. The number of nitrogens with zero attached hydrogens (tertiary/aromatic N) is 2. The van der Waals surface area contributed by atoms with Gasteiger partial charge in [-0.05, 0) is 18.9 Å². The monoisotopic (exact) mass is 237 g/mol. The fourth-order valence-corrected chi connectivity index (χ4v) is 2.08. The summed E-state index contributed by atoms with van der Waals surface area (Å²) in [7, 11) is 0. The van der Waals surface area contributed by atoms with E-state index in [-0.39, 0.29) is 0 Å². The maximum absolute atomic E-state index is 5.70. The van der Waals surface area contributed by atoms with Crippen LogP contribution in [0.2, 0.25) is 0 Å². The van der Waals surface area contributed by atoms with E-state index in [0.29, 0.717) is 12.0 Å². The Morgan fingerprint density at radius 1 is 1.65 bits per heavy atom. The highest BCUT2D eigenvalue weighted by Gasteiger charge is 2.21. The highest BCUT2D eigenvalue weighted by molar-refractivity contribution is 5.34. The zero-order valence-corrected chi connectivity index (χ0v) is 10.5. The number of aromatic nitrogens is 2. The smallest absolute Gasteiger partial charge is 0.124 e. The summed E-state index contributed by atoms with van der Waals surface area (Å²) in [5.41, 5.74) is 5.70. The van der Waals surface area contributed by atoms with Gasteiger partial charge in [0.15, 0.2) is 0 Å². The fraction of sp³-hybridized carbons (Fsp3) is 0.750. The summed E-state index contributed by atoms with van der Waals surface area (Å²) in [4.78, 5) is 0. The van der Waals surface area contributed by atoms with Crippen LogP contribution in [-0.2, 0) is 0 Å². The van der Waals surface area contributed by atoms with Gasteiger partial charge in [0, 0.05) is 25.7 Å². The van der Waals surface area contributed by atoms with Crippen LogP contribution in [0.25, 0.3) is 0 Å². The summed E-state index contributed by atoms with van der Waals surface area (Å²) in [6.07, 6.45) is 4.14. The molecule has 2 rings (SSSR count). The van der Waals surface area contributed by atoms with Gasteiger partial charge >= 0.3 is 0 Å². The van der Waals surface area contributed by atoms with Crippen LogP contribution in [0.1, 0.15) is 25.8 Å². The van der Waals surface area contributed by atoms with Crippen LogP contribution in [0.5, 0.6) is 0 Å². The van der Waals surface area contributed by atoms with Gasteiger partial charge < -0.3 is 16.4 Å². The molecule has 17 heavy (non-hydrogen) atoms. The molecule has 0 bridgehead atoms. The van der Waals surface area contributed by atoms with Gasteiger partial charge in [0.25, 0.3) is 0 Å². The Morgan fingerprint density at radius 3 is 3.06 bits per heavy atom. The van der Waals surface area contributed by atoms with Crippen LogP contribution in [0.15, 0.2) is 12.3 Å². The van der Waals surface area contributed by atoms with Crippen LogP contribution >= 0.6 is 0 Å². The zero-order valence-electron chi connectivity index (χ0n) is 10.5. The molecular formula is C12H23N5. The van der Waals surface area contributed by atoms with Crippen molar-refractivity contribution >= 4 is 5.82 Å². The SMILES string of the molecule is CCC(CN)CCNc1ccnn1C1CNC1. The predicted molar refractivity (Wildman–Crippen MR) is 70.1 cm³/mol. The van der Waals surface area contributed by atoms with Crippen LogP contribution in [0.3, 0.4) is 0 Å². The first kappa shape index (κ1) is 12.4. The van der Waals surface area contributed by atoms with Gasteiger partial charge in [-0.2, -0.15) is 5.10 Å². The van der Waals surface area contributed by atoms with Gasteiger partial charge in [-0.15, -0.1) is 0 Å². The first-order valence-corrected chi connectivity index (χ1v) is 6.53. The molecule has 1 saturated heterocycles. The van der Waals surface area contributed by atoms with Crippen LogP contribution in [-0.4, -0.2) is 36.0 Å². The Hall–Kier alpha value is -1.07. The molecule has 1 fully saturated rings. The molecule has 0 amide bonds. The van der Waals surface area contributed by atoms with Crippen molar-refractivity contribution in [2.24, 2.45) is 11.7 Å². The van der Waals surface area contributed by atoms with E-state index in [1.807, 2.05) is 12.3 Å². The number of nitrogens with one attached hydrogen (secondary N) is 2. The minimum atomic E-state index is 0.518. The van der Waals surface area contributed by atoms with Crippen molar-refractivity contribution < 1.29 is 0 Å². The van der Waals surface area contributed by atoms with Crippen molar-refractivity contribution in [2.45, 2.75) is 25.8 Å². The second-order valence-electron chi connectivity index (χ2n) is 4.70. The molecule has 5 nitrogen and oxygen atoms in total. The van der Waals surface area contributed by atoms with E-state index in [9.17, 15) is 0 Å². The molecule has 4 N–H and O–H groups in total. The molecule has 0 radical (unpaired) electrons. The number of hydrogen-bond acceptors (Lipinski definition) is 4. The van der Waals surface area contributed by atoms with Crippen LogP contribution in [0, 0.1) is 5.92 Å². The normalized spacial score (nSPS) is 17.8. The standard InChI is InChI=1S/C12H23N5/c1-2-10(7-13)3-5-15-12-4-6-16-17(12)11-8-14-9-11/h4,6,10-11,14-15H,2-3,5,7-9,13H2,1H3. The van der Waals surface area contributed by atoms with E-state index < -0.39 is 0 Å².